The number of nitrogens with one attached hydrogen (secondary N) is 1. The third-order valence-corrected chi connectivity index (χ3v) is 6.22. The summed E-state index contributed by atoms with van der Waals surface area (Å²) < 4.78 is 30.7. The number of halogens is 3. The van der Waals surface area contributed by atoms with Crippen molar-refractivity contribution in [1.29, 1.82) is 0 Å². The number of rotatable bonds is 6. The van der Waals surface area contributed by atoms with E-state index in [1.54, 1.807) is 41.8 Å². The number of carbonyl (C=O) groups excluding carboxylic acids is 2. The van der Waals surface area contributed by atoms with E-state index in [0.717, 1.165) is 11.1 Å². The lowest BCUT2D eigenvalue weighted by atomic mass is 10.0. The Morgan fingerprint density at radius 1 is 1.14 bits per heavy atom. The van der Waals surface area contributed by atoms with E-state index < -0.39 is 12.5 Å². The molecule has 3 heterocycles. The number of hydrogen-bond acceptors (Lipinski definition) is 5. The first-order chi connectivity index (χ1) is 16.7. The van der Waals surface area contributed by atoms with Gasteiger partial charge < -0.3 is 15.0 Å². The number of nitrogens with zero attached hydrogens (tertiary/aromatic N) is 4. The minimum atomic E-state index is -2.88. The second-order valence-corrected chi connectivity index (χ2v) is 8.68. The van der Waals surface area contributed by atoms with Gasteiger partial charge in [0.05, 0.1) is 17.3 Å². The Morgan fingerprint density at radius 2 is 1.83 bits per heavy atom. The number of alkyl halides is 2. The van der Waals surface area contributed by atoms with Crippen LogP contribution in [0.5, 0.6) is 5.75 Å². The topological polar surface area (TPSA) is 89.4 Å². The molecule has 2 amide bonds. The van der Waals surface area contributed by atoms with Gasteiger partial charge in [-0.2, -0.15) is 13.9 Å². The fourth-order valence-corrected chi connectivity index (χ4v) is 4.33. The van der Waals surface area contributed by atoms with Gasteiger partial charge in [-0.25, -0.2) is 4.98 Å². The number of pyridine rings is 1. The summed E-state index contributed by atoms with van der Waals surface area (Å²) in [6, 6.07) is 8.01. The lowest BCUT2D eigenvalue weighted by Crippen LogP contribution is -2.38. The Kier molecular flexibility index (Phi) is 7.30. The molecule has 0 aliphatic carbocycles. The molecular weight excluding hydrogens is 480 g/mol. The number of benzene rings is 1. The number of aryl methyl sites for hydroxylation is 1. The number of piperidine rings is 1. The number of ether oxygens (including phenoxy) is 1. The fraction of sp³-hybridized carbons (Fsp3) is 0.333. The molecule has 35 heavy (non-hydrogen) atoms. The van der Waals surface area contributed by atoms with E-state index >= 15 is 0 Å². The quantitative estimate of drug-likeness (QED) is 0.514. The predicted octanol–water partition coefficient (Wildman–Crippen LogP) is 4.94. The molecule has 4 rings (SSSR count). The van der Waals surface area contributed by atoms with Crippen molar-refractivity contribution in [2.24, 2.45) is 0 Å². The first-order valence-corrected chi connectivity index (χ1v) is 11.4. The van der Waals surface area contributed by atoms with Crippen LogP contribution >= 0.6 is 11.6 Å². The summed E-state index contributed by atoms with van der Waals surface area (Å²) in [6.07, 6.45) is 4.37. The molecule has 0 radical (unpaired) electrons. The van der Waals surface area contributed by atoms with Crippen molar-refractivity contribution < 1.29 is 23.1 Å². The van der Waals surface area contributed by atoms with Gasteiger partial charge in [0.1, 0.15) is 17.3 Å². The molecule has 1 N–H and O–H groups in total. The summed E-state index contributed by atoms with van der Waals surface area (Å²) in [4.78, 5) is 30.9. The Labute approximate surface area is 205 Å². The monoisotopic (exact) mass is 503 g/mol. The van der Waals surface area contributed by atoms with Crippen molar-refractivity contribution in [1.82, 2.24) is 19.7 Å². The molecule has 8 nitrogen and oxygen atoms in total. The first-order valence-electron chi connectivity index (χ1n) is 11.0. The highest BCUT2D eigenvalue weighted by Gasteiger charge is 2.28. The third kappa shape index (κ3) is 5.59. The van der Waals surface area contributed by atoms with Crippen LogP contribution in [0, 0.1) is 6.92 Å². The molecule has 1 aliphatic rings. The molecule has 0 atom stereocenters. The second-order valence-electron chi connectivity index (χ2n) is 8.27. The van der Waals surface area contributed by atoms with Crippen LogP contribution in [0.1, 0.15) is 41.9 Å². The van der Waals surface area contributed by atoms with Crippen molar-refractivity contribution in [3.05, 3.63) is 59.0 Å². The Hall–Kier alpha value is -3.53. The van der Waals surface area contributed by atoms with E-state index in [9.17, 15) is 18.4 Å². The zero-order chi connectivity index (χ0) is 25.1. The third-order valence-electron chi connectivity index (χ3n) is 5.94. The number of likely N-dealkylation sites (tertiary alicyclic amines) is 1. The van der Waals surface area contributed by atoms with E-state index in [1.807, 2.05) is 6.07 Å². The fourth-order valence-electron chi connectivity index (χ4n) is 4.11. The van der Waals surface area contributed by atoms with Gasteiger partial charge in [-0.3, -0.25) is 14.3 Å². The van der Waals surface area contributed by atoms with Crippen LogP contribution in [-0.4, -0.2) is 51.2 Å². The average Bonchev–Trinajstić information content (AvgIpc) is 3.22. The molecule has 184 valence electrons. The second kappa shape index (κ2) is 10.4. The number of amides is 2. The maximum absolute atomic E-state index is 13.1. The highest BCUT2D eigenvalue weighted by molar-refractivity contribution is 6.34. The predicted molar refractivity (Wildman–Crippen MR) is 127 cm³/mol. The molecule has 0 unspecified atom stereocenters. The van der Waals surface area contributed by atoms with Crippen molar-refractivity contribution in [2.45, 2.75) is 39.3 Å². The standard InChI is InChI=1S/C24H24ClF2N5O3/c1-14-11-17(16-3-5-19(6-4-16)35-24(26)27)12-28-22(14)30-23(34)21-20(25)13-29-32(21)18-7-9-31(10-8-18)15(2)33/h3-6,11-13,18,24H,7-10H2,1-2H3,(H,28,30,34). The Bertz CT molecular complexity index is 1220. The van der Waals surface area contributed by atoms with Gasteiger partial charge in [0, 0.05) is 31.8 Å². The van der Waals surface area contributed by atoms with Gasteiger partial charge in [-0.1, -0.05) is 23.7 Å². The highest BCUT2D eigenvalue weighted by atomic mass is 35.5. The van der Waals surface area contributed by atoms with Crippen LogP contribution in [0.4, 0.5) is 14.6 Å². The maximum atomic E-state index is 13.1. The number of aromatic nitrogens is 3. The molecule has 0 bridgehead atoms. The number of carbonyl (C=O) groups is 2. The van der Waals surface area contributed by atoms with E-state index in [1.165, 1.54) is 18.3 Å². The molecule has 1 aliphatic heterocycles. The molecule has 11 heteroatoms. The molecule has 1 aromatic carbocycles. The Balaban J connectivity index is 1.48. The molecular formula is C24H24ClF2N5O3. The lowest BCUT2D eigenvalue weighted by Gasteiger charge is -2.32. The zero-order valence-corrected chi connectivity index (χ0v) is 19.9. The minimum absolute atomic E-state index is 0.0299. The minimum Gasteiger partial charge on any atom is -0.435 e. The maximum Gasteiger partial charge on any atom is 0.387 e. The molecule has 0 saturated carbocycles. The number of hydrogen-bond donors (Lipinski definition) is 1. The summed E-state index contributed by atoms with van der Waals surface area (Å²) in [6.45, 7) is 1.65. The SMILES string of the molecule is CC(=O)N1CCC(n2ncc(Cl)c2C(=O)Nc2ncc(-c3ccc(OC(F)F)cc3)cc2C)CC1. The van der Waals surface area contributed by atoms with Crippen molar-refractivity contribution in [3.8, 4) is 16.9 Å². The van der Waals surface area contributed by atoms with Crippen LogP contribution < -0.4 is 10.1 Å². The van der Waals surface area contributed by atoms with E-state index in [2.05, 4.69) is 20.1 Å². The Morgan fingerprint density at radius 3 is 2.43 bits per heavy atom. The summed E-state index contributed by atoms with van der Waals surface area (Å²) >= 11 is 6.31. The molecule has 1 fully saturated rings. The summed E-state index contributed by atoms with van der Waals surface area (Å²) in [5, 5.41) is 7.36. The molecule has 1 saturated heterocycles. The summed E-state index contributed by atoms with van der Waals surface area (Å²) in [5.41, 5.74) is 2.47. The summed E-state index contributed by atoms with van der Waals surface area (Å²) in [7, 11) is 0. The normalized spacial score (nSPS) is 14.3. The van der Waals surface area contributed by atoms with Gasteiger partial charge in [0.2, 0.25) is 5.91 Å². The van der Waals surface area contributed by atoms with E-state index in [-0.39, 0.29) is 28.4 Å². The van der Waals surface area contributed by atoms with Crippen molar-refractivity contribution >= 4 is 29.2 Å². The summed E-state index contributed by atoms with van der Waals surface area (Å²) in [5.74, 6) is 0.0325. The zero-order valence-electron chi connectivity index (χ0n) is 19.2. The average molecular weight is 504 g/mol. The number of anilines is 1. The van der Waals surface area contributed by atoms with Crippen molar-refractivity contribution in [3.63, 3.8) is 0 Å². The van der Waals surface area contributed by atoms with Crippen LogP contribution in [0.2, 0.25) is 5.02 Å². The van der Waals surface area contributed by atoms with Crippen LogP contribution in [-0.2, 0) is 4.79 Å². The van der Waals surface area contributed by atoms with Gasteiger partial charge in [-0.05, 0) is 49.1 Å². The first kappa shape index (κ1) is 24.6. The van der Waals surface area contributed by atoms with Gasteiger partial charge in [-0.15, -0.1) is 0 Å². The van der Waals surface area contributed by atoms with Gasteiger partial charge in [0.25, 0.3) is 5.91 Å². The molecule has 3 aromatic rings. The van der Waals surface area contributed by atoms with E-state index in [4.69, 9.17) is 11.6 Å². The largest absolute Gasteiger partial charge is 0.435 e. The van der Waals surface area contributed by atoms with E-state index in [0.29, 0.717) is 37.3 Å². The van der Waals surface area contributed by atoms with Crippen LogP contribution in [0.3, 0.4) is 0 Å². The van der Waals surface area contributed by atoms with Crippen molar-refractivity contribution in [2.75, 3.05) is 18.4 Å². The van der Waals surface area contributed by atoms with Gasteiger partial charge in [0.15, 0.2) is 0 Å². The highest BCUT2D eigenvalue weighted by Crippen LogP contribution is 2.29. The smallest absolute Gasteiger partial charge is 0.387 e. The van der Waals surface area contributed by atoms with Gasteiger partial charge >= 0.3 is 6.61 Å². The lowest BCUT2D eigenvalue weighted by molar-refractivity contribution is -0.130. The van der Waals surface area contributed by atoms with Crippen LogP contribution in [0.25, 0.3) is 11.1 Å². The molecule has 0 spiro atoms. The van der Waals surface area contributed by atoms with Crippen LogP contribution in [0.15, 0.2) is 42.7 Å². The molecule has 2 aromatic heterocycles.